The Hall–Kier alpha value is -0.100. The minimum atomic E-state index is -3.37. The molecule has 0 saturated heterocycles. The van der Waals surface area contributed by atoms with Crippen molar-refractivity contribution in [3.05, 3.63) is 21.3 Å². The molecule has 0 saturated carbocycles. The Labute approximate surface area is 80.1 Å². The van der Waals surface area contributed by atoms with Crippen LogP contribution in [-0.4, -0.2) is 14.7 Å². The van der Waals surface area contributed by atoms with E-state index in [9.17, 15) is 8.42 Å². The lowest BCUT2D eigenvalue weighted by molar-refractivity contribution is 0.312. The zero-order valence-electron chi connectivity index (χ0n) is 6.28. The SMILES string of the molecule is CS(=O)(=O)OCc1ccsc1Cl. The van der Waals surface area contributed by atoms with E-state index in [4.69, 9.17) is 11.6 Å². The third-order valence-electron chi connectivity index (χ3n) is 1.12. The van der Waals surface area contributed by atoms with Crippen molar-refractivity contribution in [2.24, 2.45) is 0 Å². The molecular formula is C6H7ClO3S2. The van der Waals surface area contributed by atoms with E-state index >= 15 is 0 Å². The average Bonchev–Trinajstić information content (AvgIpc) is 2.29. The van der Waals surface area contributed by atoms with E-state index in [1.165, 1.54) is 11.3 Å². The first-order valence-electron chi connectivity index (χ1n) is 3.05. The number of hydrogen-bond donors (Lipinski definition) is 0. The third kappa shape index (κ3) is 3.10. The average molecular weight is 227 g/mol. The summed E-state index contributed by atoms with van der Waals surface area (Å²) in [5.74, 6) is 0. The molecule has 0 atom stereocenters. The Morgan fingerprint density at radius 1 is 1.67 bits per heavy atom. The molecule has 1 heterocycles. The van der Waals surface area contributed by atoms with Crippen LogP contribution in [0, 0.1) is 0 Å². The highest BCUT2D eigenvalue weighted by atomic mass is 35.5. The maximum atomic E-state index is 10.6. The van der Waals surface area contributed by atoms with Gasteiger partial charge in [-0.05, 0) is 11.4 Å². The molecule has 0 radical (unpaired) electrons. The van der Waals surface area contributed by atoms with Gasteiger partial charge in [-0.2, -0.15) is 8.42 Å². The Kier molecular flexibility index (Phi) is 3.11. The van der Waals surface area contributed by atoms with Gasteiger partial charge in [-0.15, -0.1) is 11.3 Å². The van der Waals surface area contributed by atoms with Crippen molar-refractivity contribution in [1.29, 1.82) is 0 Å². The summed E-state index contributed by atoms with van der Waals surface area (Å²) in [6.45, 7) is 0.0150. The summed E-state index contributed by atoms with van der Waals surface area (Å²) in [5.41, 5.74) is 0.701. The number of thiophene rings is 1. The summed E-state index contributed by atoms with van der Waals surface area (Å²) < 4.78 is 26.3. The van der Waals surface area contributed by atoms with Crippen LogP contribution in [-0.2, 0) is 20.9 Å². The Bertz CT molecular complexity index is 355. The molecule has 0 fully saturated rings. The molecule has 0 aliphatic heterocycles. The van der Waals surface area contributed by atoms with Crippen LogP contribution in [0.2, 0.25) is 4.34 Å². The first-order chi connectivity index (χ1) is 5.49. The first kappa shape index (κ1) is 9.98. The molecule has 1 aromatic rings. The molecule has 0 aromatic carbocycles. The van der Waals surface area contributed by atoms with Gasteiger partial charge in [0.1, 0.15) is 0 Å². The second-order valence-corrected chi connectivity index (χ2v) is 5.35. The van der Waals surface area contributed by atoms with Crippen molar-refractivity contribution in [3.8, 4) is 0 Å². The van der Waals surface area contributed by atoms with Crippen LogP contribution in [0.25, 0.3) is 0 Å². The van der Waals surface area contributed by atoms with Gasteiger partial charge in [-0.25, -0.2) is 0 Å². The van der Waals surface area contributed by atoms with Crippen LogP contribution in [0.15, 0.2) is 11.4 Å². The molecule has 68 valence electrons. The van der Waals surface area contributed by atoms with E-state index in [-0.39, 0.29) is 6.61 Å². The molecule has 0 amide bonds. The maximum Gasteiger partial charge on any atom is 0.264 e. The van der Waals surface area contributed by atoms with Crippen LogP contribution in [0.4, 0.5) is 0 Å². The minimum Gasteiger partial charge on any atom is -0.265 e. The summed E-state index contributed by atoms with van der Waals surface area (Å²) in [6.07, 6.45) is 1.01. The summed E-state index contributed by atoms with van der Waals surface area (Å²) in [5, 5.41) is 1.78. The van der Waals surface area contributed by atoms with Crippen molar-refractivity contribution >= 4 is 33.1 Å². The summed E-state index contributed by atoms with van der Waals surface area (Å²) in [7, 11) is -3.37. The lowest BCUT2D eigenvalue weighted by Crippen LogP contribution is -2.01. The van der Waals surface area contributed by atoms with Crippen molar-refractivity contribution in [1.82, 2.24) is 0 Å². The quantitative estimate of drug-likeness (QED) is 0.740. The third-order valence-corrected chi connectivity index (χ3v) is 2.92. The molecule has 0 unspecified atom stereocenters. The lowest BCUT2D eigenvalue weighted by Gasteiger charge is -1.98. The zero-order valence-corrected chi connectivity index (χ0v) is 8.67. The molecule has 6 heteroatoms. The monoisotopic (exact) mass is 226 g/mol. The van der Waals surface area contributed by atoms with Crippen molar-refractivity contribution < 1.29 is 12.6 Å². The lowest BCUT2D eigenvalue weighted by atomic mass is 10.4. The summed E-state index contributed by atoms with van der Waals surface area (Å²) >= 11 is 7.06. The van der Waals surface area contributed by atoms with Gasteiger partial charge in [0, 0.05) is 5.56 Å². The molecule has 3 nitrogen and oxygen atoms in total. The highest BCUT2D eigenvalue weighted by Crippen LogP contribution is 2.23. The molecule has 1 aromatic heterocycles. The minimum absolute atomic E-state index is 0.0150. The summed E-state index contributed by atoms with van der Waals surface area (Å²) in [4.78, 5) is 0. The highest BCUT2D eigenvalue weighted by molar-refractivity contribution is 7.85. The van der Waals surface area contributed by atoms with E-state index in [1.54, 1.807) is 11.4 Å². The van der Waals surface area contributed by atoms with Crippen LogP contribution in [0.5, 0.6) is 0 Å². The molecule has 0 bridgehead atoms. The largest absolute Gasteiger partial charge is 0.265 e. The second kappa shape index (κ2) is 3.74. The van der Waals surface area contributed by atoms with Gasteiger partial charge in [-0.3, -0.25) is 4.18 Å². The van der Waals surface area contributed by atoms with Crippen LogP contribution in [0.1, 0.15) is 5.56 Å². The number of hydrogen-bond acceptors (Lipinski definition) is 4. The van der Waals surface area contributed by atoms with E-state index in [2.05, 4.69) is 4.18 Å². The Morgan fingerprint density at radius 3 is 2.75 bits per heavy atom. The molecule has 0 spiro atoms. The van der Waals surface area contributed by atoms with Crippen molar-refractivity contribution in [3.63, 3.8) is 0 Å². The fraction of sp³-hybridized carbons (Fsp3) is 0.333. The predicted octanol–water partition coefficient (Wildman–Crippen LogP) is 1.88. The zero-order chi connectivity index (χ0) is 9.19. The van der Waals surface area contributed by atoms with Gasteiger partial charge in [0.05, 0.1) is 17.2 Å². The van der Waals surface area contributed by atoms with Crippen LogP contribution < -0.4 is 0 Å². The van der Waals surface area contributed by atoms with E-state index in [0.717, 1.165) is 6.26 Å². The number of halogens is 1. The maximum absolute atomic E-state index is 10.6. The molecular weight excluding hydrogens is 220 g/mol. The van der Waals surface area contributed by atoms with E-state index in [1.807, 2.05) is 0 Å². The molecule has 1 rings (SSSR count). The fourth-order valence-corrected chi connectivity index (χ4v) is 1.84. The van der Waals surface area contributed by atoms with Crippen molar-refractivity contribution in [2.75, 3.05) is 6.26 Å². The highest BCUT2D eigenvalue weighted by Gasteiger charge is 2.06. The smallest absolute Gasteiger partial charge is 0.264 e. The van der Waals surface area contributed by atoms with Gasteiger partial charge in [-0.1, -0.05) is 11.6 Å². The second-order valence-electron chi connectivity index (χ2n) is 2.19. The Balaban J connectivity index is 2.61. The van der Waals surface area contributed by atoms with E-state index in [0.29, 0.717) is 9.90 Å². The van der Waals surface area contributed by atoms with Crippen LogP contribution in [0.3, 0.4) is 0 Å². The van der Waals surface area contributed by atoms with Gasteiger partial charge in [0.2, 0.25) is 0 Å². The fourth-order valence-electron chi connectivity index (χ4n) is 0.592. The standard InChI is InChI=1S/C6H7ClO3S2/c1-12(8,9)10-4-5-2-3-11-6(5)7/h2-3H,4H2,1H3. The summed E-state index contributed by atoms with van der Waals surface area (Å²) in [6, 6.07) is 1.73. The topological polar surface area (TPSA) is 43.4 Å². The Morgan fingerprint density at radius 2 is 2.33 bits per heavy atom. The predicted molar refractivity (Wildman–Crippen MR) is 49.0 cm³/mol. The van der Waals surface area contributed by atoms with E-state index < -0.39 is 10.1 Å². The normalized spacial score (nSPS) is 11.8. The number of rotatable bonds is 3. The van der Waals surface area contributed by atoms with Gasteiger partial charge < -0.3 is 0 Å². The van der Waals surface area contributed by atoms with Gasteiger partial charge in [0.25, 0.3) is 10.1 Å². The van der Waals surface area contributed by atoms with Crippen molar-refractivity contribution in [2.45, 2.75) is 6.61 Å². The van der Waals surface area contributed by atoms with Gasteiger partial charge in [0.15, 0.2) is 0 Å². The molecule has 0 N–H and O–H groups in total. The molecule has 0 aliphatic rings. The first-order valence-corrected chi connectivity index (χ1v) is 6.13. The van der Waals surface area contributed by atoms with Crippen LogP contribution >= 0.6 is 22.9 Å². The molecule has 12 heavy (non-hydrogen) atoms. The van der Waals surface area contributed by atoms with Gasteiger partial charge >= 0.3 is 0 Å². The molecule has 0 aliphatic carbocycles.